The van der Waals surface area contributed by atoms with E-state index in [0.717, 1.165) is 10.4 Å². The van der Waals surface area contributed by atoms with Crippen LogP contribution in [-0.4, -0.2) is 0 Å². The number of hydrogen-bond acceptors (Lipinski definition) is 3. The SMILES string of the molecule is CCCCCCc1csc(-c2sccc2C#N)c1. The average Bonchev–Trinajstić information content (AvgIpc) is 3.02. The summed E-state index contributed by atoms with van der Waals surface area (Å²) in [5.41, 5.74) is 2.22. The number of hydrogen-bond donors (Lipinski definition) is 0. The third-order valence-electron chi connectivity index (χ3n) is 2.98. The minimum Gasteiger partial charge on any atom is -0.192 e. The van der Waals surface area contributed by atoms with Gasteiger partial charge in [-0.2, -0.15) is 5.26 Å². The van der Waals surface area contributed by atoms with E-state index < -0.39 is 0 Å². The summed E-state index contributed by atoms with van der Waals surface area (Å²) in [5.74, 6) is 0. The van der Waals surface area contributed by atoms with Crippen molar-refractivity contribution in [2.24, 2.45) is 0 Å². The van der Waals surface area contributed by atoms with Crippen molar-refractivity contribution < 1.29 is 0 Å². The summed E-state index contributed by atoms with van der Waals surface area (Å²) >= 11 is 3.42. The maximum atomic E-state index is 9.04. The molecule has 0 spiro atoms. The predicted octanol–water partition coefficient (Wildman–Crippen LogP) is 5.47. The van der Waals surface area contributed by atoms with Crippen molar-refractivity contribution in [1.82, 2.24) is 0 Å². The van der Waals surface area contributed by atoms with Gasteiger partial charge in [0, 0.05) is 4.88 Å². The van der Waals surface area contributed by atoms with E-state index in [0.29, 0.717) is 0 Å². The molecule has 0 aliphatic heterocycles. The summed E-state index contributed by atoms with van der Waals surface area (Å²) in [7, 11) is 0. The topological polar surface area (TPSA) is 23.8 Å². The number of rotatable bonds is 6. The van der Waals surface area contributed by atoms with Gasteiger partial charge in [-0.15, -0.1) is 22.7 Å². The van der Waals surface area contributed by atoms with Crippen molar-refractivity contribution in [2.45, 2.75) is 39.0 Å². The van der Waals surface area contributed by atoms with Crippen molar-refractivity contribution in [3.05, 3.63) is 34.0 Å². The fourth-order valence-corrected chi connectivity index (χ4v) is 3.92. The number of nitrogens with zero attached hydrogens (tertiary/aromatic N) is 1. The monoisotopic (exact) mass is 275 g/mol. The molecule has 1 nitrogen and oxygen atoms in total. The molecule has 0 radical (unpaired) electrons. The van der Waals surface area contributed by atoms with Gasteiger partial charge in [0.1, 0.15) is 6.07 Å². The molecule has 0 bridgehead atoms. The quantitative estimate of drug-likeness (QED) is 0.641. The smallest absolute Gasteiger partial charge is 0.101 e. The largest absolute Gasteiger partial charge is 0.192 e. The Morgan fingerprint density at radius 1 is 1.22 bits per heavy atom. The molecule has 0 atom stereocenters. The fourth-order valence-electron chi connectivity index (χ4n) is 1.97. The van der Waals surface area contributed by atoms with E-state index in [1.165, 1.54) is 42.5 Å². The third-order valence-corrected chi connectivity index (χ3v) is 5.06. The number of nitriles is 1. The van der Waals surface area contributed by atoms with Crippen molar-refractivity contribution in [2.75, 3.05) is 0 Å². The van der Waals surface area contributed by atoms with Gasteiger partial charge in [0.2, 0.25) is 0 Å². The molecule has 0 amide bonds. The molecular formula is C15H17NS2. The predicted molar refractivity (Wildman–Crippen MR) is 80.2 cm³/mol. The van der Waals surface area contributed by atoms with Gasteiger partial charge in [-0.3, -0.25) is 0 Å². The minimum absolute atomic E-state index is 0.805. The van der Waals surface area contributed by atoms with Gasteiger partial charge in [0.15, 0.2) is 0 Å². The van der Waals surface area contributed by atoms with Crippen LogP contribution in [0.4, 0.5) is 0 Å². The Bertz CT molecular complexity index is 531. The van der Waals surface area contributed by atoms with Gasteiger partial charge in [-0.1, -0.05) is 26.2 Å². The highest BCUT2D eigenvalue weighted by molar-refractivity contribution is 7.20. The second-order valence-electron chi connectivity index (χ2n) is 4.41. The number of unbranched alkanes of at least 4 members (excludes halogenated alkanes) is 3. The first-order valence-electron chi connectivity index (χ1n) is 6.40. The summed E-state index contributed by atoms with van der Waals surface area (Å²) in [5, 5.41) is 13.3. The third kappa shape index (κ3) is 3.22. The highest BCUT2D eigenvalue weighted by Crippen LogP contribution is 2.34. The van der Waals surface area contributed by atoms with Gasteiger partial charge < -0.3 is 0 Å². The molecule has 0 aliphatic carbocycles. The molecular weight excluding hydrogens is 258 g/mol. The lowest BCUT2D eigenvalue weighted by Crippen LogP contribution is -1.82. The second-order valence-corrected chi connectivity index (χ2v) is 6.23. The van der Waals surface area contributed by atoms with Gasteiger partial charge in [-0.05, 0) is 41.3 Å². The molecule has 3 heteroatoms. The first kappa shape index (κ1) is 13.3. The molecule has 0 N–H and O–H groups in total. The molecule has 0 fully saturated rings. The van der Waals surface area contributed by atoms with Crippen LogP contribution in [0.15, 0.2) is 22.9 Å². The van der Waals surface area contributed by atoms with Gasteiger partial charge >= 0.3 is 0 Å². The molecule has 2 rings (SSSR count). The van der Waals surface area contributed by atoms with Crippen LogP contribution in [0.1, 0.15) is 43.7 Å². The Morgan fingerprint density at radius 3 is 2.89 bits per heavy atom. The Kier molecular flexibility index (Phi) is 4.98. The van der Waals surface area contributed by atoms with Crippen molar-refractivity contribution in [3.63, 3.8) is 0 Å². The van der Waals surface area contributed by atoms with Crippen LogP contribution >= 0.6 is 22.7 Å². The van der Waals surface area contributed by atoms with Crippen LogP contribution in [0.5, 0.6) is 0 Å². The summed E-state index contributed by atoms with van der Waals surface area (Å²) in [6, 6.07) is 6.42. The van der Waals surface area contributed by atoms with E-state index >= 15 is 0 Å². The summed E-state index contributed by atoms with van der Waals surface area (Å²) in [4.78, 5) is 2.37. The molecule has 94 valence electrons. The van der Waals surface area contributed by atoms with Gasteiger partial charge in [0.05, 0.1) is 10.4 Å². The lowest BCUT2D eigenvalue weighted by Gasteiger charge is -1.97. The Morgan fingerprint density at radius 2 is 2.11 bits per heavy atom. The molecule has 2 aromatic rings. The van der Waals surface area contributed by atoms with Crippen molar-refractivity contribution in [1.29, 1.82) is 5.26 Å². The van der Waals surface area contributed by atoms with Crippen LogP contribution < -0.4 is 0 Å². The molecule has 2 aromatic heterocycles. The van der Waals surface area contributed by atoms with E-state index in [4.69, 9.17) is 5.26 Å². The number of thiophene rings is 2. The Labute approximate surface area is 117 Å². The molecule has 0 aromatic carbocycles. The lowest BCUT2D eigenvalue weighted by molar-refractivity contribution is 0.667. The molecule has 0 saturated carbocycles. The maximum absolute atomic E-state index is 9.04. The Balaban J connectivity index is 2.00. The van der Waals surface area contributed by atoms with Crippen LogP contribution in [0.2, 0.25) is 0 Å². The zero-order chi connectivity index (χ0) is 12.8. The fraction of sp³-hybridized carbons (Fsp3) is 0.400. The zero-order valence-electron chi connectivity index (χ0n) is 10.6. The van der Waals surface area contributed by atoms with E-state index in [1.54, 1.807) is 22.7 Å². The van der Waals surface area contributed by atoms with E-state index in [2.05, 4.69) is 24.4 Å². The van der Waals surface area contributed by atoms with Crippen molar-refractivity contribution in [3.8, 4) is 15.8 Å². The van der Waals surface area contributed by atoms with E-state index in [-0.39, 0.29) is 0 Å². The highest BCUT2D eigenvalue weighted by Gasteiger charge is 2.09. The molecule has 0 unspecified atom stereocenters. The molecule has 0 aliphatic rings. The Hall–Kier alpha value is -1.11. The average molecular weight is 275 g/mol. The first-order valence-corrected chi connectivity index (χ1v) is 8.16. The standard InChI is InChI=1S/C15H17NS2/c1-2-3-4-5-6-12-9-14(18-11-12)15-13(10-16)7-8-17-15/h7-9,11H,2-6H2,1H3. The first-order chi connectivity index (χ1) is 8.85. The summed E-state index contributed by atoms with van der Waals surface area (Å²) < 4.78 is 0. The summed E-state index contributed by atoms with van der Waals surface area (Å²) in [6.45, 7) is 2.24. The maximum Gasteiger partial charge on any atom is 0.101 e. The van der Waals surface area contributed by atoms with Gasteiger partial charge in [-0.25, -0.2) is 0 Å². The lowest BCUT2D eigenvalue weighted by atomic mass is 10.1. The second kappa shape index (κ2) is 6.72. The van der Waals surface area contributed by atoms with Crippen molar-refractivity contribution >= 4 is 22.7 Å². The van der Waals surface area contributed by atoms with Crippen LogP contribution in [-0.2, 0) is 6.42 Å². The van der Waals surface area contributed by atoms with Crippen LogP contribution in [0.3, 0.4) is 0 Å². The summed E-state index contributed by atoms with van der Waals surface area (Å²) in [6.07, 6.45) is 6.39. The van der Waals surface area contributed by atoms with Gasteiger partial charge in [0.25, 0.3) is 0 Å². The normalized spacial score (nSPS) is 10.4. The van der Waals surface area contributed by atoms with E-state index in [9.17, 15) is 0 Å². The molecule has 0 saturated heterocycles. The van der Waals surface area contributed by atoms with Crippen LogP contribution in [0.25, 0.3) is 9.75 Å². The highest BCUT2D eigenvalue weighted by atomic mass is 32.1. The number of aryl methyl sites for hydroxylation is 1. The van der Waals surface area contributed by atoms with E-state index in [1.807, 2.05) is 11.4 Å². The minimum atomic E-state index is 0.805. The van der Waals surface area contributed by atoms with Crippen LogP contribution in [0, 0.1) is 11.3 Å². The zero-order valence-corrected chi connectivity index (χ0v) is 12.2. The molecule has 18 heavy (non-hydrogen) atoms. The molecule has 2 heterocycles.